The van der Waals surface area contributed by atoms with Crippen molar-refractivity contribution < 1.29 is 13.6 Å². The molecule has 0 aliphatic carbocycles. The molecule has 0 amide bonds. The molecule has 3 rings (SSSR count). The summed E-state index contributed by atoms with van der Waals surface area (Å²) in [6, 6.07) is 18.2. The molecule has 0 N–H and O–H groups in total. The van der Waals surface area contributed by atoms with Crippen molar-refractivity contribution in [2.24, 2.45) is 0 Å². The summed E-state index contributed by atoms with van der Waals surface area (Å²) in [5.41, 5.74) is 2.63. The monoisotopic (exact) mass is 322 g/mol. The molecule has 24 heavy (non-hydrogen) atoms. The zero-order valence-corrected chi connectivity index (χ0v) is 13.4. The van der Waals surface area contributed by atoms with Gasteiger partial charge in [-0.2, -0.15) is 0 Å². The number of Topliss-reactive ketones (excluding diaryl/α,β-unsaturated/α-hetero) is 1. The molecule has 122 valence electrons. The Morgan fingerprint density at radius 2 is 1.75 bits per heavy atom. The molecule has 2 aromatic carbocycles. The van der Waals surface area contributed by atoms with E-state index in [2.05, 4.69) is 0 Å². The molecule has 0 radical (unpaired) electrons. The fourth-order valence-corrected chi connectivity index (χ4v) is 2.73. The van der Waals surface area contributed by atoms with Crippen LogP contribution in [0.3, 0.4) is 0 Å². The van der Waals surface area contributed by atoms with E-state index >= 15 is 0 Å². The second kappa shape index (κ2) is 7.73. The van der Waals surface area contributed by atoms with Crippen molar-refractivity contribution in [1.29, 1.82) is 0 Å². The second-order valence-electron chi connectivity index (χ2n) is 5.83. The Kier molecular flexibility index (Phi) is 5.22. The molecule has 0 aliphatic heterocycles. The number of hydrogen-bond acceptors (Lipinski definition) is 2. The summed E-state index contributed by atoms with van der Waals surface area (Å²) in [7, 11) is 0. The number of benzene rings is 2. The number of carbonyl (C=O) groups is 1. The van der Waals surface area contributed by atoms with E-state index in [9.17, 15) is 9.18 Å². The van der Waals surface area contributed by atoms with E-state index in [0.29, 0.717) is 24.2 Å². The summed E-state index contributed by atoms with van der Waals surface area (Å²) in [5, 5.41) is 0. The van der Waals surface area contributed by atoms with Crippen LogP contribution >= 0.6 is 0 Å². The molecule has 3 aromatic rings. The minimum absolute atomic E-state index is 0.188. The van der Waals surface area contributed by atoms with Gasteiger partial charge in [-0.25, -0.2) is 4.39 Å². The van der Waals surface area contributed by atoms with Gasteiger partial charge < -0.3 is 4.42 Å². The minimum Gasteiger partial charge on any atom is -0.469 e. The van der Waals surface area contributed by atoms with Crippen LogP contribution in [0.15, 0.2) is 71.3 Å². The number of ketones is 1. The Bertz CT molecular complexity index is 789. The van der Waals surface area contributed by atoms with Gasteiger partial charge >= 0.3 is 0 Å². The highest BCUT2D eigenvalue weighted by atomic mass is 19.1. The molecule has 1 heterocycles. The van der Waals surface area contributed by atoms with Gasteiger partial charge in [-0.3, -0.25) is 4.79 Å². The summed E-state index contributed by atoms with van der Waals surface area (Å²) in [6.45, 7) is 0. The molecule has 0 aliphatic rings. The number of carbonyl (C=O) groups excluding carboxylic acids is 1. The first kappa shape index (κ1) is 16.2. The smallest absolute Gasteiger partial charge is 0.140 e. The molecule has 2 nitrogen and oxygen atoms in total. The number of hydrogen-bond donors (Lipinski definition) is 0. The molecule has 0 saturated carbocycles. The standard InChI is InChI=1S/C21H19FO2/c22-21-9-2-1-8-20(21)17-12-10-16(11-13-17)5-3-6-18(23)15-19-7-4-14-24-19/h1-2,4,7-14H,3,5-6,15H2. The van der Waals surface area contributed by atoms with Gasteiger partial charge in [0.05, 0.1) is 12.7 Å². The van der Waals surface area contributed by atoms with Crippen molar-refractivity contribution in [2.75, 3.05) is 0 Å². The molecular weight excluding hydrogens is 303 g/mol. The summed E-state index contributed by atoms with van der Waals surface area (Å²) in [6.07, 6.45) is 4.12. The second-order valence-corrected chi connectivity index (χ2v) is 5.83. The lowest BCUT2D eigenvalue weighted by molar-refractivity contribution is -0.118. The highest BCUT2D eigenvalue weighted by Gasteiger charge is 2.07. The summed E-state index contributed by atoms with van der Waals surface area (Å²) in [5.74, 6) is 0.691. The Morgan fingerprint density at radius 1 is 0.958 bits per heavy atom. The summed E-state index contributed by atoms with van der Waals surface area (Å²) in [4.78, 5) is 11.9. The predicted octanol–water partition coefficient (Wildman–Crippen LogP) is 5.22. The van der Waals surface area contributed by atoms with Crippen LogP contribution in [0, 0.1) is 5.82 Å². The average Bonchev–Trinajstić information content (AvgIpc) is 3.09. The quantitative estimate of drug-likeness (QED) is 0.597. The average molecular weight is 322 g/mol. The topological polar surface area (TPSA) is 30.2 Å². The third kappa shape index (κ3) is 4.19. The Hall–Kier alpha value is -2.68. The van der Waals surface area contributed by atoms with Crippen molar-refractivity contribution in [3.05, 3.63) is 84.1 Å². The van der Waals surface area contributed by atoms with Gasteiger partial charge in [-0.15, -0.1) is 0 Å². The molecule has 0 saturated heterocycles. The lowest BCUT2D eigenvalue weighted by atomic mass is 10.0. The minimum atomic E-state index is -0.214. The van der Waals surface area contributed by atoms with Gasteiger partial charge in [0.15, 0.2) is 0 Å². The van der Waals surface area contributed by atoms with E-state index in [1.54, 1.807) is 24.5 Å². The van der Waals surface area contributed by atoms with Crippen molar-refractivity contribution in [3.8, 4) is 11.1 Å². The van der Waals surface area contributed by atoms with Crippen molar-refractivity contribution in [2.45, 2.75) is 25.7 Å². The first-order valence-corrected chi connectivity index (χ1v) is 8.10. The van der Waals surface area contributed by atoms with E-state index in [1.165, 1.54) is 6.07 Å². The van der Waals surface area contributed by atoms with Crippen LogP contribution in [0.2, 0.25) is 0 Å². The van der Waals surface area contributed by atoms with Crippen LogP contribution in [-0.4, -0.2) is 5.78 Å². The molecule has 0 atom stereocenters. The Labute approximate surface area is 140 Å². The van der Waals surface area contributed by atoms with Gasteiger partial charge in [-0.1, -0.05) is 42.5 Å². The van der Waals surface area contributed by atoms with Crippen molar-refractivity contribution in [3.63, 3.8) is 0 Å². The number of halogens is 1. The third-order valence-electron chi connectivity index (χ3n) is 4.01. The maximum absolute atomic E-state index is 13.8. The van der Waals surface area contributed by atoms with Crippen LogP contribution in [0.5, 0.6) is 0 Å². The van der Waals surface area contributed by atoms with Crippen LogP contribution in [0.4, 0.5) is 4.39 Å². The zero-order valence-electron chi connectivity index (χ0n) is 13.4. The van der Waals surface area contributed by atoms with Crippen molar-refractivity contribution >= 4 is 5.78 Å². The SMILES string of the molecule is O=C(CCCc1ccc(-c2ccccc2F)cc1)Cc1ccco1. The number of rotatable bonds is 7. The highest BCUT2D eigenvalue weighted by Crippen LogP contribution is 2.23. The van der Waals surface area contributed by atoms with Crippen LogP contribution < -0.4 is 0 Å². The maximum atomic E-state index is 13.8. The molecular formula is C21H19FO2. The lowest BCUT2D eigenvalue weighted by Crippen LogP contribution is -2.02. The van der Waals surface area contributed by atoms with Gasteiger partial charge in [0.1, 0.15) is 17.4 Å². The number of furan rings is 1. The van der Waals surface area contributed by atoms with Gasteiger partial charge in [0.25, 0.3) is 0 Å². The van der Waals surface area contributed by atoms with E-state index in [4.69, 9.17) is 4.42 Å². The fourth-order valence-electron chi connectivity index (χ4n) is 2.73. The lowest BCUT2D eigenvalue weighted by Gasteiger charge is -2.05. The predicted molar refractivity (Wildman–Crippen MR) is 92.2 cm³/mol. The first-order chi connectivity index (χ1) is 11.7. The normalized spacial score (nSPS) is 10.7. The summed E-state index contributed by atoms with van der Waals surface area (Å²) >= 11 is 0. The largest absolute Gasteiger partial charge is 0.469 e. The zero-order chi connectivity index (χ0) is 16.8. The van der Waals surface area contributed by atoms with Crippen LogP contribution in [0.1, 0.15) is 24.2 Å². The van der Waals surface area contributed by atoms with Gasteiger partial charge in [0.2, 0.25) is 0 Å². The van der Waals surface area contributed by atoms with E-state index < -0.39 is 0 Å². The van der Waals surface area contributed by atoms with E-state index in [-0.39, 0.29) is 11.6 Å². The third-order valence-corrected chi connectivity index (χ3v) is 4.01. The first-order valence-electron chi connectivity index (χ1n) is 8.10. The van der Waals surface area contributed by atoms with Gasteiger partial charge in [0, 0.05) is 12.0 Å². The van der Waals surface area contributed by atoms with Crippen LogP contribution in [0.25, 0.3) is 11.1 Å². The van der Waals surface area contributed by atoms with Gasteiger partial charge in [-0.05, 0) is 42.2 Å². The highest BCUT2D eigenvalue weighted by molar-refractivity contribution is 5.80. The summed E-state index contributed by atoms with van der Waals surface area (Å²) < 4.78 is 19.0. The van der Waals surface area contributed by atoms with E-state index in [1.807, 2.05) is 36.4 Å². The fraction of sp³-hybridized carbons (Fsp3) is 0.190. The molecule has 1 aromatic heterocycles. The van der Waals surface area contributed by atoms with E-state index in [0.717, 1.165) is 24.0 Å². The molecule has 0 bridgehead atoms. The Balaban J connectivity index is 1.51. The number of aryl methyl sites for hydroxylation is 1. The molecule has 0 unspecified atom stereocenters. The maximum Gasteiger partial charge on any atom is 0.140 e. The van der Waals surface area contributed by atoms with Crippen LogP contribution in [-0.2, 0) is 17.6 Å². The molecule has 0 spiro atoms. The Morgan fingerprint density at radius 3 is 2.46 bits per heavy atom. The molecule has 0 fully saturated rings. The van der Waals surface area contributed by atoms with Crippen molar-refractivity contribution in [1.82, 2.24) is 0 Å². The molecule has 3 heteroatoms.